The minimum atomic E-state index is -0.467. The van der Waals surface area contributed by atoms with E-state index in [0.29, 0.717) is 40.9 Å². The topological polar surface area (TPSA) is 152 Å². The zero-order valence-corrected chi connectivity index (χ0v) is 20.6. The molecule has 0 bridgehead atoms. The highest BCUT2D eigenvalue weighted by Gasteiger charge is 2.17. The lowest BCUT2D eigenvalue weighted by molar-refractivity contribution is -0.111. The monoisotopic (exact) mass is 513 g/mol. The summed E-state index contributed by atoms with van der Waals surface area (Å²) in [4.78, 5) is 49.2. The number of piperazine rings is 1. The Bertz CT molecular complexity index is 1510. The van der Waals surface area contributed by atoms with Gasteiger partial charge in [-0.2, -0.15) is 9.97 Å². The van der Waals surface area contributed by atoms with Gasteiger partial charge < -0.3 is 25.6 Å². The summed E-state index contributed by atoms with van der Waals surface area (Å²) >= 11 is 0. The van der Waals surface area contributed by atoms with Gasteiger partial charge in [-0.25, -0.2) is 9.97 Å². The van der Waals surface area contributed by atoms with E-state index < -0.39 is 5.56 Å². The van der Waals surface area contributed by atoms with Crippen LogP contribution in [0.4, 0.5) is 23.1 Å². The Morgan fingerprint density at radius 1 is 1.08 bits per heavy atom. The Morgan fingerprint density at radius 2 is 1.92 bits per heavy atom. The van der Waals surface area contributed by atoms with Crippen molar-refractivity contribution in [3.05, 3.63) is 71.8 Å². The molecule has 1 aliphatic heterocycles. The molecule has 4 aromatic rings. The molecule has 0 spiro atoms. The first kappa shape index (κ1) is 25.0. The summed E-state index contributed by atoms with van der Waals surface area (Å²) in [5, 5.41) is 15.2. The van der Waals surface area contributed by atoms with Crippen molar-refractivity contribution in [2.45, 2.75) is 0 Å². The van der Waals surface area contributed by atoms with Crippen LogP contribution in [-0.4, -0.2) is 80.2 Å². The van der Waals surface area contributed by atoms with Gasteiger partial charge in [0.05, 0.1) is 18.5 Å². The maximum Gasteiger partial charge on any atom is 0.284 e. The number of hydrogen-bond acceptors (Lipinski definition) is 10. The van der Waals surface area contributed by atoms with E-state index in [9.17, 15) is 9.59 Å². The molecule has 194 valence electrons. The van der Waals surface area contributed by atoms with Gasteiger partial charge in [-0.15, -0.1) is 0 Å². The second-order valence-electron chi connectivity index (χ2n) is 8.70. The average molecular weight is 514 g/mol. The van der Waals surface area contributed by atoms with Crippen LogP contribution >= 0.6 is 0 Å². The summed E-state index contributed by atoms with van der Waals surface area (Å²) in [5.74, 6) is 1.15. The fourth-order valence-electron chi connectivity index (χ4n) is 4.19. The maximum absolute atomic E-state index is 12.7. The van der Waals surface area contributed by atoms with E-state index in [1.807, 2.05) is 12.1 Å². The summed E-state index contributed by atoms with van der Waals surface area (Å²) in [6, 6.07) is 10.8. The molecule has 0 radical (unpaired) electrons. The Balaban J connectivity index is 1.33. The van der Waals surface area contributed by atoms with Crippen LogP contribution in [0, 0.1) is 0 Å². The smallest absolute Gasteiger partial charge is 0.284 e. The molecule has 0 atom stereocenters. The first-order chi connectivity index (χ1) is 18.5. The summed E-state index contributed by atoms with van der Waals surface area (Å²) in [6.07, 6.45) is 4.32. The van der Waals surface area contributed by atoms with E-state index in [0.717, 1.165) is 32.0 Å². The number of H-pyrrole nitrogens is 1. The van der Waals surface area contributed by atoms with Crippen molar-refractivity contribution in [3.8, 4) is 11.4 Å². The number of hydrogen-bond donors (Lipinski definition) is 4. The van der Waals surface area contributed by atoms with Crippen molar-refractivity contribution in [1.82, 2.24) is 29.8 Å². The van der Waals surface area contributed by atoms with Gasteiger partial charge in [0.1, 0.15) is 22.7 Å². The van der Waals surface area contributed by atoms with Crippen molar-refractivity contribution < 1.29 is 9.90 Å². The summed E-state index contributed by atoms with van der Waals surface area (Å²) in [5.41, 5.74) is 1.71. The predicted octanol–water partition coefficient (Wildman–Crippen LogP) is 1.76. The van der Waals surface area contributed by atoms with Crippen molar-refractivity contribution in [2.24, 2.45) is 0 Å². The summed E-state index contributed by atoms with van der Waals surface area (Å²) in [6.45, 7) is 7.78. The van der Waals surface area contributed by atoms with Crippen LogP contribution < -0.4 is 21.1 Å². The van der Waals surface area contributed by atoms with Crippen molar-refractivity contribution in [2.75, 3.05) is 54.9 Å². The molecule has 4 N–H and O–H groups in total. The summed E-state index contributed by atoms with van der Waals surface area (Å²) in [7, 11) is 0. The number of fused-ring (bicyclic) bond motifs is 1. The quantitative estimate of drug-likeness (QED) is 0.256. The van der Waals surface area contributed by atoms with Gasteiger partial charge in [0, 0.05) is 50.2 Å². The van der Waals surface area contributed by atoms with Crippen LogP contribution in [0.2, 0.25) is 0 Å². The number of nitrogens with zero attached hydrogens (tertiary/aromatic N) is 6. The molecular formula is C26H27N9O3. The predicted molar refractivity (Wildman–Crippen MR) is 145 cm³/mol. The minimum absolute atomic E-state index is 0.171. The number of aliphatic hydroxyl groups is 1. The highest BCUT2D eigenvalue weighted by molar-refractivity contribution is 5.99. The number of rotatable bonds is 8. The van der Waals surface area contributed by atoms with E-state index in [4.69, 9.17) is 5.11 Å². The van der Waals surface area contributed by atoms with Crippen LogP contribution in [0.15, 0.2) is 66.2 Å². The fourth-order valence-corrected chi connectivity index (χ4v) is 4.19. The molecule has 1 saturated heterocycles. The van der Waals surface area contributed by atoms with E-state index in [-0.39, 0.29) is 17.9 Å². The molecule has 5 rings (SSSR count). The van der Waals surface area contributed by atoms with Gasteiger partial charge in [-0.1, -0.05) is 18.7 Å². The first-order valence-electron chi connectivity index (χ1n) is 12.1. The van der Waals surface area contributed by atoms with E-state index in [1.54, 1.807) is 30.5 Å². The molecule has 1 amide bonds. The number of carbonyl (C=O) groups is 1. The summed E-state index contributed by atoms with van der Waals surface area (Å²) < 4.78 is 0. The van der Waals surface area contributed by atoms with E-state index in [2.05, 4.69) is 51.9 Å². The lowest BCUT2D eigenvalue weighted by Gasteiger charge is -2.35. The van der Waals surface area contributed by atoms with E-state index >= 15 is 0 Å². The zero-order valence-electron chi connectivity index (χ0n) is 20.6. The number of anilines is 4. The number of pyridine rings is 1. The Kier molecular flexibility index (Phi) is 7.33. The lowest BCUT2D eigenvalue weighted by Crippen LogP contribution is -2.47. The average Bonchev–Trinajstić information content (AvgIpc) is 2.94. The standard InChI is InChI=1S/C26H27N9O3/c1-2-22(37)29-18-5-3-4-17(14-18)23-31-24-20(25(38)32-23)16-28-26(33-24)30-19-6-7-21(27-15-19)35-10-8-34(9-11-35)12-13-36/h2-7,14-16,36H,1,8-13H2,(H,29,37)(H2,28,30,31,32,33,38). The van der Waals surface area contributed by atoms with Crippen LogP contribution in [0.1, 0.15) is 0 Å². The number of carbonyl (C=O) groups excluding carboxylic acids is 1. The van der Waals surface area contributed by atoms with Gasteiger partial charge in [0.15, 0.2) is 0 Å². The number of aliphatic hydroxyl groups excluding tert-OH is 1. The van der Waals surface area contributed by atoms with Crippen molar-refractivity contribution in [1.29, 1.82) is 0 Å². The van der Waals surface area contributed by atoms with Crippen molar-refractivity contribution in [3.63, 3.8) is 0 Å². The molecule has 12 heteroatoms. The third-order valence-corrected chi connectivity index (χ3v) is 6.17. The number of aromatic nitrogens is 5. The normalized spacial score (nSPS) is 13.9. The zero-order chi connectivity index (χ0) is 26.5. The molecule has 3 aromatic heterocycles. The highest BCUT2D eigenvalue weighted by atomic mass is 16.3. The number of amides is 1. The highest BCUT2D eigenvalue weighted by Crippen LogP contribution is 2.21. The van der Waals surface area contributed by atoms with Gasteiger partial charge in [-0.3, -0.25) is 14.5 Å². The van der Waals surface area contributed by atoms with Gasteiger partial charge in [0.25, 0.3) is 5.56 Å². The number of benzene rings is 1. The Labute approximate surface area is 218 Å². The fraction of sp³-hybridized carbons (Fsp3) is 0.231. The largest absolute Gasteiger partial charge is 0.395 e. The lowest BCUT2D eigenvalue weighted by atomic mass is 10.2. The minimum Gasteiger partial charge on any atom is -0.395 e. The molecule has 1 fully saturated rings. The van der Waals surface area contributed by atoms with Crippen LogP contribution in [0.3, 0.4) is 0 Å². The molecule has 12 nitrogen and oxygen atoms in total. The number of aromatic amines is 1. The van der Waals surface area contributed by atoms with Crippen LogP contribution in [0.25, 0.3) is 22.4 Å². The molecule has 0 aliphatic carbocycles. The molecular weight excluding hydrogens is 486 g/mol. The molecule has 1 aliphatic rings. The van der Waals surface area contributed by atoms with Crippen molar-refractivity contribution >= 4 is 40.1 Å². The molecule has 1 aromatic carbocycles. The second-order valence-corrected chi connectivity index (χ2v) is 8.70. The Morgan fingerprint density at radius 3 is 2.66 bits per heavy atom. The van der Waals surface area contributed by atoms with Gasteiger partial charge in [-0.05, 0) is 30.3 Å². The van der Waals surface area contributed by atoms with Crippen LogP contribution in [0.5, 0.6) is 0 Å². The maximum atomic E-state index is 12.7. The second kappa shape index (κ2) is 11.2. The Hall–Kier alpha value is -4.68. The van der Waals surface area contributed by atoms with Gasteiger partial charge >= 0.3 is 0 Å². The molecule has 0 saturated carbocycles. The number of β-amino-alcohol motifs (C(OH)–C–C–N with tert-alkyl or cyclic N) is 1. The van der Waals surface area contributed by atoms with Gasteiger partial charge in [0.2, 0.25) is 11.9 Å². The molecule has 38 heavy (non-hydrogen) atoms. The third kappa shape index (κ3) is 5.66. The first-order valence-corrected chi connectivity index (χ1v) is 12.1. The van der Waals surface area contributed by atoms with E-state index in [1.165, 1.54) is 12.3 Å². The molecule has 0 unspecified atom stereocenters. The number of nitrogens with one attached hydrogen (secondary N) is 3. The molecule has 4 heterocycles. The third-order valence-electron chi connectivity index (χ3n) is 6.17. The van der Waals surface area contributed by atoms with Crippen LogP contribution in [-0.2, 0) is 4.79 Å². The SMILES string of the molecule is C=CC(=O)Nc1cccc(-c2nc(=O)c3cnc(Nc4ccc(N5CCN(CCO)CC5)nc4)nc3[nH]2)c1.